The second-order valence-electron chi connectivity index (χ2n) is 6.42. The number of ether oxygens (including phenoxy) is 2. The summed E-state index contributed by atoms with van der Waals surface area (Å²) in [5.41, 5.74) is 1.66. The highest BCUT2D eigenvalue weighted by atomic mass is 32.2. The predicted octanol–water partition coefficient (Wildman–Crippen LogP) is 4.16. The zero-order valence-corrected chi connectivity index (χ0v) is 17.8. The van der Waals surface area contributed by atoms with Crippen molar-refractivity contribution in [2.45, 2.75) is 4.90 Å². The Morgan fingerprint density at radius 2 is 1.48 bits per heavy atom. The summed E-state index contributed by atoms with van der Waals surface area (Å²) in [6.07, 6.45) is 3.03. The van der Waals surface area contributed by atoms with E-state index in [1.165, 1.54) is 37.5 Å². The van der Waals surface area contributed by atoms with E-state index in [1.54, 1.807) is 43.5 Å². The largest absolute Gasteiger partial charge is 0.497 e. The third-order valence-electron chi connectivity index (χ3n) is 4.33. The lowest BCUT2D eigenvalue weighted by Gasteiger charge is -2.10. The van der Waals surface area contributed by atoms with Gasteiger partial charge < -0.3 is 14.8 Å². The fraction of sp³-hybridized carbons (Fsp3) is 0.0870. The Morgan fingerprint density at radius 3 is 2.13 bits per heavy atom. The van der Waals surface area contributed by atoms with Gasteiger partial charge in [-0.15, -0.1) is 0 Å². The lowest BCUT2D eigenvalue weighted by Crippen LogP contribution is -2.13. The van der Waals surface area contributed by atoms with Crippen molar-refractivity contribution in [3.63, 3.8) is 0 Å². The van der Waals surface area contributed by atoms with Crippen molar-refractivity contribution >= 4 is 33.4 Å². The fourth-order valence-electron chi connectivity index (χ4n) is 2.74. The maximum Gasteiger partial charge on any atom is 0.261 e. The van der Waals surface area contributed by atoms with Crippen molar-refractivity contribution in [1.29, 1.82) is 0 Å². The molecule has 0 spiro atoms. The lowest BCUT2D eigenvalue weighted by atomic mass is 10.2. The first-order valence-electron chi connectivity index (χ1n) is 9.30. The van der Waals surface area contributed by atoms with Crippen LogP contribution in [0.1, 0.15) is 5.56 Å². The second kappa shape index (κ2) is 9.82. The van der Waals surface area contributed by atoms with Gasteiger partial charge in [0.05, 0.1) is 19.1 Å². The molecule has 0 saturated carbocycles. The highest BCUT2D eigenvalue weighted by molar-refractivity contribution is 7.92. The molecule has 0 unspecified atom stereocenters. The summed E-state index contributed by atoms with van der Waals surface area (Å²) in [4.78, 5) is 12.3. The van der Waals surface area contributed by atoms with Crippen LogP contribution in [-0.2, 0) is 14.8 Å². The number of carbonyl (C=O) groups is 1. The van der Waals surface area contributed by atoms with Gasteiger partial charge in [-0.25, -0.2) is 8.42 Å². The third kappa shape index (κ3) is 5.86. The molecule has 3 aromatic rings. The Balaban J connectivity index is 1.64. The predicted molar refractivity (Wildman–Crippen MR) is 121 cm³/mol. The summed E-state index contributed by atoms with van der Waals surface area (Å²) in [7, 11) is -0.667. The molecule has 2 N–H and O–H groups in total. The minimum absolute atomic E-state index is 0.0749. The van der Waals surface area contributed by atoms with Gasteiger partial charge in [0, 0.05) is 23.0 Å². The molecule has 0 fully saturated rings. The van der Waals surface area contributed by atoms with E-state index in [0.29, 0.717) is 22.9 Å². The Morgan fingerprint density at radius 1 is 0.839 bits per heavy atom. The van der Waals surface area contributed by atoms with Crippen molar-refractivity contribution in [3.05, 3.63) is 84.4 Å². The van der Waals surface area contributed by atoms with Crippen LogP contribution in [-0.4, -0.2) is 28.5 Å². The number of amides is 1. The SMILES string of the molecule is COc1ccc(NS(=O)(=O)c2ccc(NC(=O)C=Cc3ccccc3OC)cc2)cc1. The van der Waals surface area contributed by atoms with E-state index in [9.17, 15) is 13.2 Å². The number of hydrogen-bond donors (Lipinski definition) is 2. The van der Waals surface area contributed by atoms with Gasteiger partial charge in [-0.2, -0.15) is 0 Å². The first-order valence-corrected chi connectivity index (χ1v) is 10.8. The Bertz CT molecular complexity index is 1170. The number of para-hydroxylation sites is 1. The smallest absolute Gasteiger partial charge is 0.261 e. The first-order chi connectivity index (χ1) is 14.9. The third-order valence-corrected chi connectivity index (χ3v) is 5.72. The van der Waals surface area contributed by atoms with Gasteiger partial charge in [-0.1, -0.05) is 18.2 Å². The zero-order valence-electron chi connectivity index (χ0n) is 17.0. The van der Waals surface area contributed by atoms with E-state index >= 15 is 0 Å². The molecular formula is C23H22N2O5S. The van der Waals surface area contributed by atoms with Crippen LogP contribution < -0.4 is 19.5 Å². The van der Waals surface area contributed by atoms with Gasteiger partial charge in [0.15, 0.2) is 0 Å². The summed E-state index contributed by atoms with van der Waals surface area (Å²) >= 11 is 0. The van der Waals surface area contributed by atoms with Crippen LogP contribution in [0, 0.1) is 0 Å². The molecule has 0 aliphatic rings. The Hall–Kier alpha value is -3.78. The van der Waals surface area contributed by atoms with Crippen LogP contribution in [0.3, 0.4) is 0 Å². The molecule has 0 bridgehead atoms. The van der Waals surface area contributed by atoms with Gasteiger partial charge >= 0.3 is 0 Å². The molecule has 0 heterocycles. The second-order valence-corrected chi connectivity index (χ2v) is 8.11. The molecule has 0 aromatic heterocycles. The molecule has 0 aliphatic carbocycles. The average Bonchev–Trinajstić information content (AvgIpc) is 2.78. The Kier molecular flexibility index (Phi) is 6.94. The highest BCUT2D eigenvalue weighted by Gasteiger charge is 2.14. The lowest BCUT2D eigenvalue weighted by molar-refractivity contribution is -0.111. The monoisotopic (exact) mass is 438 g/mol. The number of sulfonamides is 1. The molecule has 160 valence electrons. The van der Waals surface area contributed by atoms with Crippen LogP contribution in [0.15, 0.2) is 83.8 Å². The van der Waals surface area contributed by atoms with Gasteiger partial charge in [-0.05, 0) is 60.7 Å². The number of carbonyl (C=O) groups excluding carboxylic acids is 1. The summed E-state index contributed by atoms with van der Waals surface area (Å²) in [6, 6.07) is 19.8. The highest BCUT2D eigenvalue weighted by Crippen LogP contribution is 2.21. The standard InChI is InChI=1S/C23H22N2O5S/c1-29-20-12-8-19(9-13-20)25-31(27,28)21-14-10-18(11-15-21)24-23(26)16-7-17-5-3-4-6-22(17)30-2/h3-16,25H,1-2H3,(H,24,26). The van der Waals surface area contributed by atoms with E-state index in [4.69, 9.17) is 9.47 Å². The van der Waals surface area contributed by atoms with Gasteiger partial charge in [0.25, 0.3) is 10.0 Å². The van der Waals surface area contributed by atoms with Crippen LogP contribution in [0.5, 0.6) is 11.5 Å². The molecule has 31 heavy (non-hydrogen) atoms. The van der Waals surface area contributed by atoms with Gasteiger partial charge in [0.1, 0.15) is 11.5 Å². The summed E-state index contributed by atoms with van der Waals surface area (Å²) in [5.74, 6) is 0.936. The maximum atomic E-state index is 12.6. The first kappa shape index (κ1) is 21.9. The number of rotatable bonds is 8. The summed E-state index contributed by atoms with van der Waals surface area (Å²) in [6.45, 7) is 0. The van der Waals surface area contributed by atoms with Crippen LogP contribution in [0.2, 0.25) is 0 Å². The van der Waals surface area contributed by atoms with Crippen molar-refractivity contribution in [3.8, 4) is 11.5 Å². The summed E-state index contributed by atoms with van der Waals surface area (Å²) in [5, 5.41) is 2.69. The van der Waals surface area contributed by atoms with Crippen LogP contribution >= 0.6 is 0 Å². The number of nitrogens with one attached hydrogen (secondary N) is 2. The molecule has 0 aliphatic heterocycles. The molecule has 1 amide bonds. The van der Waals surface area contributed by atoms with E-state index in [1.807, 2.05) is 18.2 Å². The minimum atomic E-state index is -3.76. The average molecular weight is 439 g/mol. The topological polar surface area (TPSA) is 93.7 Å². The van der Waals surface area contributed by atoms with Crippen molar-refractivity contribution in [1.82, 2.24) is 0 Å². The van der Waals surface area contributed by atoms with Crippen LogP contribution in [0.4, 0.5) is 11.4 Å². The number of benzene rings is 3. The number of methoxy groups -OCH3 is 2. The van der Waals surface area contributed by atoms with Crippen molar-refractivity contribution in [2.75, 3.05) is 24.3 Å². The molecular weight excluding hydrogens is 416 g/mol. The van der Waals surface area contributed by atoms with E-state index < -0.39 is 10.0 Å². The molecule has 0 atom stereocenters. The van der Waals surface area contributed by atoms with Gasteiger partial charge in [-0.3, -0.25) is 9.52 Å². The number of anilines is 2. The van der Waals surface area contributed by atoms with E-state index in [0.717, 1.165) is 5.56 Å². The quantitative estimate of drug-likeness (QED) is 0.515. The van der Waals surface area contributed by atoms with Gasteiger partial charge in [0.2, 0.25) is 5.91 Å². The molecule has 8 heteroatoms. The number of hydrogen-bond acceptors (Lipinski definition) is 5. The van der Waals surface area contributed by atoms with E-state index in [2.05, 4.69) is 10.0 Å². The van der Waals surface area contributed by atoms with Crippen molar-refractivity contribution in [2.24, 2.45) is 0 Å². The zero-order chi connectivity index (χ0) is 22.3. The maximum absolute atomic E-state index is 12.6. The summed E-state index contributed by atoms with van der Waals surface area (Å²) < 4.78 is 37.9. The molecule has 0 saturated heterocycles. The van der Waals surface area contributed by atoms with Crippen molar-refractivity contribution < 1.29 is 22.7 Å². The minimum Gasteiger partial charge on any atom is -0.497 e. The fourth-order valence-corrected chi connectivity index (χ4v) is 3.80. The molecule has 3 rings (SSSR count). The molecule has 3 aromatic carbocycles. The van der Waals surface area contributed by atoms with E-state index in [-0.39, 0.29) is 10.8 Å². The molecule has 7 nitrogen and oxygen atoms in total. The Labute approximate surface area is 181 Å². The van der Waals surface area contributed by atoms with Crippen LogP contribution in [0.25, 0.3) is 6.08 Å². The normalized spacial score (nSPS) is 11.2. The molecule has 0 radical (unpaired) electrons.